The van der Waals surface area contributed by atoms with Gasteiger partial charge in [-0.2, -0.15) is 0 Å². The fraction of sp³-hybridized carbons (Fsp3) is 0.353. The number of hydrogen-bond acceptors (Lipinski definition) is 4. The standard InChI is InChI=1S/C17H18N2OS2.ClH/c1-19(11-6-8-18-9-7-11)17(20)15-10-14-16(22-15)12-4-2-3-5-13(12)21-14;/h2-5,10-11,18H,6-9H2,1H3;1H. The number of nitrogens with one attached hydrogen (secondary N) is 1. The minimum absolute atomic E-state index is 0. The average Bonchev–Trinajstić information content (AvgIpc) is 3.12. The van der Waals surface area contributed by atoms with E-state index in [1.165, 1.54) is 19.5 Å². The molecule has 122 valence electrons. The Hall–Kier alpha value is -1.14. The second-order valence-corrected chi connectivity index (χ2v) is 7.94. The molecule has 3 heterocycles. The van der Waals surface area contributed by atoms with Gasteiger partial charge in [0.25, 0.3) is 5.91 Å². The monoisotopic (exact) mass is 366 g/mol. The summed E-state index contributed by atoms with van der Waals surface area (Å²) in [6.07, 6.45) is 2.09. The Labute approximate surface area is 149 Å². The van der Waals surface area contributed by atoms with Crippen LogP contribution in [0.15, 0.2) is 30.3 Å². The van der Waals surface area contributed by atoms with Crippen LogP contribution in [0.5, 0.6) is 0 Å². The molecule has 3 aromatic rings. The minimum Gasteiger partial charge on any atom is -0.338 e. The van der Waals surface area contributed by atoms with Crippen LogP contribution in [0.3, 0.4) is 0 Å². The molecule has 0 radical (unpaired) electrons. The van der Waals surface area contributed by atoms with Crippen molar-refractivity contribution in [3.8, 4) is 0 Å². The van der Waals surface area contributed by atoms with Gasteiger partial charge >= 0.3 is 0 Å². The lowest BCUT2D eigenvalue weighted by atomic mass is 10.1. The molecule has 1 aliphatic rings. The van der Waals surface area contributed by atoms with Crippen LogP contribution in [0.4, 0.5) is 0 Å². The molecule has 1 aliphatic heterocycles. The second-order valence-electron chi connectivity index (χ2n) is 5.80. The number of benzene rings is 1. The van der Waals surface area contributed by atoms with Crippen LogP contribution in [0.2, 0.25) is 0 Å². The number of rotatable bonds is 2. The molecule has 1 aromatic carbocycles. The van der Waals surface area contributed by atoms with Crippen molar-refractivity contribution in [2.75, 3.05) is 20.1 Å². The van der Waals surface area contributed by atoms with E-state index in [1.807, 2.05) is 11.9 Å². The molecule has 0 atom stereocenters. The minimum atomic E-state index is 0. The number of piperidine rings is 1. The van der Waals surface area contributed by atoms with Crippen LogP contribution in [0.25, 0.3) is 19.5 Å². The summed E-state index contributed by atoms with van der Waals surface area (Å²) in [4.78, 5) is 15.6. The van der Waals surface area contributed by atoms with Crippen molar-refractivity contribution < 1.29 is 4.79 Å². The van der Waals surface area contributed by atoms with E-state index >= 15 is 0 Å². The molecule has 1 amide bonds. The van der Waals surface area contributed by atoms with Crippen LogP contribution in [0.1, 0.15) is 22.5 Å². The number of carbonyl (C=O) groups is 1. The van der Waals surface area contributed by atoms with Crippen LogP contribution in [-0.2, 0) is 0 Å². The highest BCUT2D eigenvalue weighted by Gasteiger charge is 2.24. The lowest BCUT2D eigenvalue weighted by Gasteiger charge is -2.31. The molecule has 0 spiro atoms. The van der Waals surface area contributed by atoms with Crippen molar-refractivity contribution in [1.82, 2.24) is 10.2 Å². The normalized spacial score (nSPS) is 15.7. The van der Waals surface area contributed by atoms with E-state index in [4.69, 9.17) is 0 Å². The first-order valence-electron chi connectivity index (χ1n) is 7.63. The zero-order valence-corrected chi connectivity index (χ0v) is 15.3. The van der Waals surface area contributed by atoms with Gasteiger partial charge < -0.3 is 10.2 Å². The second kappa shape index (κ2) is 6.77. The molecule has 1 saturated heterocycles. The van der Waals surface area contributed by atoms with Crippen molar-refractivity contribution >= 4 is 60.5 Å². The highest BCUT2D eigenvalue weighted by molar-refractivity contribution is 7.33. The number of hydrogen-bond donors (Lipinski definition) is 1. The zero-order valence-electron chi connectivity index (χ0n) is 12.9. The van der Waals surface area contributed by atoms with Gasteiger partial charge in [0, 0.05) is 27.9 Å². The number of halogens is 1. The molecule has 23 heavy (non-hydrogen) atoms. The Morgan fingerprint density at radius 1 is 1.17 bits per heavy atom. The predicted octanol–water partition coefficient (Wildman–Crippen LogP) is 4.36. The highest BCUT2D eigenvalue weighted by atomic mass is 35.5. The molecule has 0 unspecified atom stereocenters. The number of thiophene rings is 2. The molecule has 3 nitrogen and oxygen atoms in total. The summed E-state index contributed by atoms with van der Waals surface area (Å²) in [6.45, 7) is 2.01. The summed E-state index contributed by atoms with van der Waals surface area (Å²) < 4.78 is 3.78. The molecule has 0 aliphatic carbocycles. The summed E-state index contributed by atoms with van der Waals surface area (Å²) in [5, 5.41) is 4.63. The lowest BCUT2D eigenvalue weighted by molar-refractivity contribution is 0.0708. The molecule has 0 bridgehead atoms. The third kappa shape index (κ3) is 2.98. The summed E-state index contributed by atoms with van der Waals surface area (Å²) in [5.74, 6) is 0.171. The summed E-state index contributed by atoms with van der Waals surface area (Å²) in [6, 6.07) is 10.9. The topological polar surface area (TPSA) is 32.3 Å². The first kappa shape index (κ1) is 16.7. The van der Waals surface area contributed by atoms with Gasteiger partial charge in [0.05, 0.1) is 9.58 Å². The smallest absolute Gasteiger partial charge is 0.263 e. The number of amides is 1. The molecular formula is C17H19ClN2OS2. The van der Waals surface area contributed by atoms with Crippen molar-refractivity contribution in [2.45, 2.75) is 18.9 Å². The lowest BCUT2D eigenvalue weighted by Crippen LogP contribution is -2.43. The van der Waals surface area contributed by atoms with Crippen LogP contribution >= 0.6 is 35.1 Å². The first-order chi connectivity index (χ1) is 10.7. The van der Waals surface area contributed by atoms with Gasteiger partial charge in [-0.25, -0.2) is 0 Å². The Morgan fingerprint density at radius 2 is 1.91 bits per heavy atom. The van der Waals surface area contributed by atoms with E-state index in [2.05, 4.69) is 35.6 Å². The van der Waals surface area contributed by atoms with Gasteiger partial charge in [-0.1, -0.05) is 18.2 Å². The maximum Gasteiger partial charge on any atom is 0.263 e. The SMILES string of the molecule is CN(C(=O)c1cc2sc3ccccc3c2s1)C1CCNCC1.Cl. The van der Waals surface area contributed by atoms with Crippen molar-refractivity contribution in [3.63, 3.8) is 0 Å². The quantitative estimate of drug-likeness (QED) is 0.730. The van der Waals surface area contributed by atoms with Crippen LogP contribution in [-0.4, -0.2) is 37.0 Å². The van der Waals surface area contributed by atoms with E-state index in [1.54, 1.807) is 22.7 Å². The largest absolute Gasteiger partial charge is 0.338 e. The Bertz CT molecular complexity index is 835. The van der Waals surface area contributed by atoms with Gasteiger partial charge in [0.15, 0.2) is 0 Å². The average molecular weight is 367 g/mol. The predicted molar refractivity (Wildman–Crippen MR) is 102 cm³/mol. The fourth-order valence-corrected chi connectivity index (χ4v) is 5.65. The van der Waals surface area contributed by atoms with Crippen molar-refractivity contribution in [1.29, 1.82) is 0 Å². The van der Waals surface area contributed by atoms with Crippen LogP contribution < -0.4 is 5.32 Å². The van der Waals surface area contributed by atoms with Crippen LogP contribution in [0, 0.1) is 0 Å². The van der Waals surface area contributed by atoms with E-state index in [0.29, 0.717) is 6.04 Å². The molecule has 1 N–H and O–H groups in total. The molecule has 4 rings (SSSR count). The van der Waals surface area contributed by atoms with E-state index in [0.717, 1.165) is 30.8 Å². The molecular weight excluding hydrogens is 348 g/mol. The third-order valence-corrected chi connectivity index (χ3v) is 6.84. The zero-order chi connectivity index (χ0) is 15.1. The summed E-state index contributed by atoms with van der Waals surface area (Å²) in [5.41, 5.74) is 0. The molecule has 0 saturated carbocycles. The molecule has 2 aromatic heterocycles. The van der Waals surface area contributed by atoms with Gasteiger partial charge in [0.1, 0.15) is 0 Å². The number of nitrogens with zero attached hydrogens (tertiary/aromatic N) is 1. The maximum absolute atomic E-state index is 12.8. The van der Waals surface area contributed by atoms with Crippen molar-refractivity contribution in [2.24, 2.45) is 0 Å². The van der Waals surface area contributed by atoms with Crippen molar-refractivity contribution in [3.05, 3.63) is 35.2 Å². The van der Waals surface area contributed by atoms with Gasteiger partial charge in [0.2, 0.25) is 0 Å². The summed E-state index contributed by atoms with van der Waals surface area (Å²) >= 11 is 3.41. The highest BCUT2D eigenvalue weighted by Crippen LogP contribution is 2.39. The van der Waals surface area contributed by atoms with E-state index in [9.17, 15) is 4.79 Å². The van der Waals surface area contributed by atoms with Gasteiger partial charge in [-0.15, -0.1) is 35.1 Å². The fourth-order valence-electron chi connectivity index (χ4n) is 3.14. The van der Waals surface area contributed by atoms with Gasteiger partial charge in [-0.3, -0.25) is 4.79 Å². The first-order valence-corrected chi connectivity index (χ1v) is 9.26. The number of carbonyl (C=O) groups excluding carboxylic acids is 1. The molecule has 6 heteroatoms. The molecule has 1 fully saturated rings. The van der Waals surface area contributed by atoms with E-state index in [-0.39, 0.29) is 18.3 Å². The summed E-state index contributed by atoms with van der Waals surface area (Å²) in [7, 11) is 1.95. The Balaban J connectivity index is 0.00000156. The Kier molecular flexibility index (Phi) is 4.92. The number of fused-ring (bicyclic) bond motifs is 3. The third-order valence-electron chi connectivity index (χ3n) is 4.44. The Morgan fingerprint density at radius 3 is 2.70 bits per heavy atom. The maximum atomic E-state index is 12.8. The van der Waals surface area contributed by atoms with E-state index < -0.39 is 0 Å². The van der Waals surface area contributed by atoms with Gasteiger partial charge in [-0.05, 0) is 38.1 Å².